The lowest BCUT2D eigenvalue weighted by atomic mass is 10.2. The molecule has 0 radical (unpaired) electrons. The fraction of sp³-hybridized carbons (Fsp3) is 0.444. The highest BCUT2D eigenvalue weighted by Gasteiger charge is 2.43. The molecular formula is C18H22N2O3S. The Hall–Kier alpha value is -1.63. The molecule has 128 valence electrons. The Kier molecular flexibility index (Phi) is 3.98. The number of sulfone groups is 1. The molecule has 2 saturated heterocycles. The van der Waals surface area contributed by atoms with Crippen LogP contribution in [0, 0.1) is 0 Å². The van der Waals surface area contributed by atoms with Crippen LogP contribution in [0.2, 0.25) is 0 Å². The standard InChI is InChI=1S/C18H22N2O3S/c1-24(21,22)18-8-7-17(23-18)13-20-12-15-9-16(20)11-19(15)10-14-5-3-2-4-6-14/h2-8,15-16H,9-13H2,1H3/t15-,16-/m0/s1. The molecule has 2 bridgehead atoms. The Balaban J connectivity index is 1.37. The fourth-order valence-corrected chi connectivity index (χ4v) is 4.45. The van der Waals surface area contributed by atoms with Gasteiger partial charge in [-0.05, 0) is 24.1 Å². The van der Waals surface area contributed by atoms with Gasteiger partial charge >= 0.3 is 0 Å². The average Bonchev–Trinajstić information content (AvgIpc) is 3.23. The van der Waals surface area contributed by atoms with Gasteiger partial charge in [0.05, 0.1) is 6.54 Å². The summed E-state index contributed by atoms with van der Waals surface area (Å²) < 4.78 is 28.5. The molecule has 0 amide bonds. The molecule has 6 heteroatoms. The zero-order valence-corrected chi connectivity index (χ0v) is 14.6. The number of furan rings is 1. The molecule has 2 atom stereocenters. The first-order chi connectivity index (χ1) is 11.5. The maximum Gasteiger partial charge on any atom is 0.217 e. The van der Waals surface area contributed by atoms with Crippen LogP contribution < -0.4 is 0 Å². The van der Waals surface area contributed by atoms with Gasteiger partial charge in [-0.2, -0.15) is 0 Å². The van der Waals surface area contributed by atoms with E-state index in [-0.39, 0.29) is 5.09 Å². The number of fused-ring (bicyclic) bond motifs is 2. The topological polar surface area (TPSA) is 53.8 Å². The number of rotatable bonds is 5. The molecule has 24 heavy (non-hydrogen) atoms. The van der Waals surface area contributed by atoms with Crippen molar-refractivity contribution in [3.8, 4) is 0 Å². The Morgan fingerprint density at radius 3 is 2.25 bits per heavy atom. The molecule has 2 aliphatic heterocycles. The monoisotopic (exact) mass is 346 g/mol. The van der Waals surface area contributed by atoms with Crippen LogP contribution in [0.5, 0.6) is 0 Å². The summed E-state index contributed by atoms with van der Waals surface area (Å²) in [5.41, 5.74) is 1.36. The van der Waals surface area contributed by atoms with E-state index < -0.39 is 9.84 Å². The second-order valence-electron chi connectivity index (χ2n) is 6.88. The highest BCUT2D eigenvalue weighted by atomic mass is 32.2. The zero-order chi connectivity index (χ0) is 16.7. The summed E-state index contributed by atoms with van der Waals surface area (Å²) in [6.07, 6.45) is 2.36. The average molecular weight is 346 g/mol. The first-order valence-electron chi connectivity index (χ1n) is 8.30. The molecule has 0 saturated carbocycles. The molecule has 2 aliphatic rings. The van der Waals surface area contributed by atoms with E-state index in [1.807, 2.05) is 0 Å². The minimum atomic E-state index is -3.26. The van der Waals surface area contributed by atoms with Crippen LogP contribution in [-0.4, -0.2) is 49.6 Å². The van der Waals surface area contributed by atoms with Crippen LogP contribution in [0.25, 0.3) is 0 Å². The Morgan fingerprint density at radius 1 is 1.00 bits per heavy atom. The number of benzene rings is 1. The van der Waals surface area contributed by atoms with Crippen molar-refractivity contribution >= 4 is 9.84 Å². The van der Waals surface area contributed by atoms with Gasteiger partial charge in [0.1, 0.15) is 5.76 Å². The van der Waals surface area contributed by atoms with Crippen LogP contribution >= 0.6 is 0 Å². The van der Waals surface area contributed by atoms with Crippen molar-refractivity contribution in [2.75, 3.05) is 19.3 Å². The number of nitrogens with zero attached hydrogens (tertiary/aromatic N) is 2. The first-order valence-corrected chi connectivity index (χ1v) is 10.2. The Bertz CT molecular complexity index is 816. The molecule has 0 aliphatic carbocycles. The second-order valence-corrected chi connectivity index (χ2v) is 8.83. The summed E-state index contributed by atoms with van der Waals surface area (Å²) in [5, 5.41) is 0.0626. The number of hydrogen-bond donors (Lipinski definition) is 0. The Morgan fingerprint density at radius 2 is 1.67 bits per heavy atom. The van der Waals surface area contributed by atoms with Crippen LogP contribution in [0.15, 0.2) is 52.0 Å². The highest BCUT2D eigenvalue weighted by Crippen LogP contribution is 2.33. The van der Waals surface area contributed by atoms with E-state index in [2.05, 4.69) is 40.1 Å². The third-order valence-electron chi connectivity index (χ3n) is 5.06. The van der Waals surface area contributed by atoms with E-state index in [0.717, 1.165) is 25.4 Å². The van der Waals surface area contributed by atoms with Crippen LogP contribution in [-0.2, 0) is 22.9 Å². The SMILES string of the molecule is CS(=O)(=O)c1ccc(CN2C[C@@H]3C[C@H]2CN3Cc2ccccc2)o1. The third-order valence-corrected chi connectivity index (χ3v) is 6.01. The lowest BCUT2D eigenvalue weighted by molar-refractivity contribution is 0.111. The number of hydrogen-bond acceptors (Lipinski definition) is 5. The van der Waals surface area contributed by atoms with Crippen molar-refractivity contribution < 1.29 is 12.8 Å². The van der Waals surface area contributed by atoms with Gasteiger partial charge in [0.15, 0.2) is 0 Å². The van der Waals surface area contributed by atoms with Crippen LogP contribution in [0.3, 0.4) is 0 Å². The maximum absolute atomic E-state index is 11.5. The van der Waals surface area contributed by atoms with Gasteiger partial charge in [0, 0.05) is 38.0 Å². The molecule has 1 aromatic heterocycles. The molecule has 4 rings (SSSR count). The van der Waals surface area contributed by atoms with Crippen LogP contribution in [0.1, 0.15) is 17.7 Å². The largest absolute Gasteiger partial charge is 0.448 e. The quantitative estimate of drug-likeness (QED) is 0.830. The second kappa shape index (κ2) is 6.02. The Labute approximate surface area is 142 Å². The van der Waals surface area contributed by atoms with Gasteiger partial charge in [0.2, 0.25) is 14.9 Å². The predicted molar refractivity (Wildman–Crippen MR) is 91.3 cm³/mol. The summed E-state index contributed by atoms with van der Waals surface area (Å²) in [5.74, 6) is 0.734. The highest BCUT2D eigenvalue weighted by molar-refractivity contribution is 7.90. The van der Waals surface area contributed by atoms with E-state index in [1.165, 1.54) is 18.2 Å². The third kappa shape index (κ3) is 3.14. The molecule has 2 aromatic rings. The van der Waals surface area contributed by atoms with E-state index >= 15 is 0 Å². The van der Waals surface area contributed by atoms with Gasteiger partial charge in [-0.25, -0.2) is 8.42 Å². The molecule has 0 unspecified atom stereocenters. The van der Waals surface area contributed by atoms with Crippen molar-refractivity contribution in [2.45, 2.75) is 36.7 Å². The molecular weight excluding hydrogens is 324 g/mol. The minimum absolute atomic E-state index is 0.0626. The fourth-order valence-electron chi connectivity index (χ4n) is 3.88. The molecule has 1 aromatic carbocycles. The van der Waals surface area contributed by atoms with Crippen molar-refractivity contribution in [3.63, 3.8) is 0 Å². The molecule has 2 fully saturated rings. The lowest BCUT2D eigenvalue weighted by Gasteiger charge is -2.33. The number of piperazine rings is 1. The van der Waals surface area contributed by atoms with E-state index in [9.17, 15) is 8.42 Å². The molecule has 3 heterocycles. The smallest absolute Gasteiger partial charge is 0.217 e. The van der Waals surface area contributed by atoms with Crippen molar-refractivity contribution in [1.82, 2.24) is 9.80 Å². The summed E-state index contributed by atoms with van der Waals surface area (Å²) in [7, 11) is -3.26. The van der Waals surface area contributed by atoms with Crippen LogP contribution in [0.4, 0.5) is 0 Å². The maximum atomic E-state index is 11.5. The predicted octanol–water partition coefficient (Wildman–Crippen LogP) is 2.14. The van der Waals surface area contributed by atoms with Gasteiger partial charge in [-0.1, -0.05) is 30.3 Å². The molecule has 5 nitrogen and oxygen atoms in total. The first kappa shape index (κ1) is 15.9. The lowest BCUT2D eigenvalue weighted by Crippen LogP contribution is -2.45. The molecule has 0 spiro atoms. The summed E-state index contributed by atoms with van der Waals surface area (Å²) in [4.78, 5) is 4.97. The normalized spacial score (nSPS) is 24.7. The summed E-state index contributed by atoms with van der Waals surface area (Å²) >= 11 is 0. The van der Waals surface area contributed by atoms with Gasteiger partial charge < -0.3 is 4.42 Å². The van der Waals surface area contributed by atoms with Crippen molar-refractivity contribution in [3.05, 3.63) is 53.8 Å². The minimum Gasteiger partial charge on any atom is -0.448 e. The van der Waals surface area contributed by atoms with E-state index in [1.54, 1.807) is 12.1 Å². The van der Waals surface area contributed by atoms with Gasteiger partial charge in [0.25, 0.3) is 0 Å². The number of likely N-dealkylation sites (tertiary alicyclic amines) is 2. The van der Waals surface area contributed by atoms with E-state index in [4.69, 9.17) is 4.42 Å². The molecule has 0 N–H and O–H groups in total. The van der Waals surface area contributed by atoms with E-state index in [0.29, 0.717) is 18.6 Å². The van der Waals surface area contributed by atoms with Gasteiger partial charge in [-0.3, -0.25) is 9.80 Å². The summed E-state index contributed by atoms with van der Waals surface area (Å²) in [6, 6.07) is 15.0. The van der Waals surface area contributed by atoms with Gasteiger partial charge in [-0.15, -0.1) is 0 Å². The summed E-state index contributed by atoms with van der Waals surface area (Å²) in [6.45, 7) is 3.79. The zero-order valence-electron chi connectivity index (χ0n) is 13.8. The van der Waals surface area contributed by atoms with Crippen molar-refractivity contribution in [1.29, 1.82) is 0 Å². The van der Waals surface area contributed by atoms with Crippen molar-refractivity contribution in [2.24, 2.45) is 0 Å².